The number of carbonyl (C=O) groups is 1. The van der Waals surface area contributed by atoms with Crippen molar-refractivity contribution in [3.63, 3.8) is 0 Å². The number of aryl methyl sites for hydroxylation is 2. The molecule has 0 saturated carbocycles. The molecular formula is C40H50FN5O3S. The van der Waals surface area contributed by atoms with Crippen LogP contribution in [0.2, 0.25) is 0 Å². The van der Waals surface area contributed by atoms with E-state index in [2.05, 4.69) is 51.4 Å². The van der Waals surface area contributed by atoms with Crippen molar-refractivity contribution in [2.45, 2.75) is 107 Å². The number of nitrogens with one attached hydrogen (secondary N) is 1. The van der Waals surface area contributed by atoms with Crippen LogP contribution in [0.1, 0.15) is 97.2 Å². The van der Waals surface area contributed by atoms with Crippen LogP contribution in [-0.4, -0.2) is 71.9 Å². The maximum atomic E-state index is 14.7. The number of benzene rings is 3. The number of para-hydroxylation sites is 2. The van der Waals surface area contributed by atoms with Crippen molar-refractivity contribution in [1.29, 1.82) is 0 Å². The molecule has 3 saturated heterocycles. The van der Waals surface area contributed by atoms with Gasteiger partial charge in [0, 0.05) is 43.3 Å². The average Bonchev–Trinajstić information content (AvgIpc) is 3.56. The van der Waals surface area contributed by atoms with Gasteiger partial charge in [0.1, 0.15) is 11.6 Å². The highest BCUT2D eigenvalue weighted by atomic mass is 32.2. The second-order valence-corrected chi connectivity index (χ2v) is 16.6. The summed E-state index contributed by atoms with van der Waals surface area (Å²) in [7, 11) is -3.73. The lowest BCUT2D eigenvalue weighted by Crippen LogP contribution is -2.49. The Kier molecular flexibility index (Phi) is 9.65. The van der Waals surface area contributed by atoms with Gasteiger partial charge in [0.05, 0.1) is 15.9 Å². The highest BCUT2D eigenvalue weighted by molar-refractivity contribution is 7.89. The summed E-state index contributed by atoms with van der Waals surface area (Å²) in [6.07, 6.45) is 7.64. The zero-order chi connectivity index (χ0) is 35.2. The molecule has 3 aliphatic rings. The van der Waals surface area contributed by atoms with Crippen molar-refractivity contribution in [1.82, 2.24) is 24.1 Å². The Morgan fingerprint density at radius 2 is 1.68 bits per heavy atom. The summed E-state index contributed by atoms with van der Waals surface area (Å²) in [4.78, 5) is 23.7. The number of aromatic nitrogens is 2. The number of nitrogens with zero attached hydrogens (tertiary/aromatic N) is 4. The van der Waals surface area contributed by atoms with Gasteiger partial charge in [-0.1, -0.05) is 37.3 Å². The second kappa shape index (κ2) is 13.8. The summed E-state index contributed by atoms with van der Waals surface area (Å²) in [6.45, 7) is 9.98. The number of carbonyl (C=O) groups excluding carboxylic acids is 1. The van der Waals surface area contributed by atoms with Crippen molar-refractivity contribution in [2.24, 2.45) is 0 Å². The first-order chi connectivity index (χ1) is 24.0. The third-order valence-electron chi connectivity index (χ3n) is 12.0. The largest absolute Gasteiger partial charge is 0.339 e. The molecule has 8 nitrogen and oxygen atoms in total. The van der Waals surface area contributed by atoms with Crippen LogP contribution in [-0.2, 0) is 15.4 Å². The molecule has 0 spiro atoms. The van der Waals surface area contributed by atoms with Gasteiger partial charge in [0.25, 0.3) is 5.91 Å². The molecule has 4 aromatic rings. The third kappa shape index (κ3) is 6.39. The molecular weight excluding hydrogens is 650 g/mol. The molecule has 0 unspecified atom stereocenters. The highest BCUT2D eigenvalue weighted by Gasteiger charge is 2.44. The summed E-state index contributed by atoms with van der Waals surface area (Å²) < 4.78 is 46.0. The molecule has 266 valence electrons. The summed E-state index contributed by atoms with van der Waals surface area (Å²) >= 11 is 0. The first-order valence-electron chi connectivity index (χ1n) is 18.4. The molecule has 10 heteroatoms. The van der Waals surface area contributed by atoms with E-state index in [0.717, 1.165) is 61.1 Å². The zero-order valence-corrected chi connectivity index (χ0v) is 30.6. The normalized spacial score (nSPS) is 22.3. The number of amides is 1. The summed E-state index contributed by atoms with van der Waals surface area (Å²) in [5, 5.41) is 0. The van der Waals surface area contributed by atoms with E-state index in [9.17, 15) is 17.6 Å². The number of rotatable bonds is 10. The van der Waals surface area contributed by atoms with Crippen LogP contribution in [0, 0.1) is 26.6 Å². The molecule has 0 radical (unpaired) electrons. The van der Waals surface area contributed by atoms with Crippen molar-refractivity contribution >= 4 is 27.0 Å². The Morgan fingerprint density at radius 3 is 2.38 bits per heavy atom. The van der Waals surface area contributed by atoms with Crippen LogP contribution in [0.25, 0.3) is 11.0 Å². The minimum atomic E-state index is -3.73. The molecule has 50 heavy (non-hydrogen) atoms. The Hall–Kier alpha value is -3.60. The van der Waals surface area contributed by atoms with Gasteiger partial charge in [0.2, 0.25) is 10.0 Å². The van der Waals surface area contributed by atoms with Crippen LogP contribution < -0.4 is 4.72 Å². The van der Waals surface area contributed by atoms with Crippen LogP contribution in [0.5, 0.6) is 0 Å². The van der Waals surface area contributed by atoms with Gasteiger partial charge in [0.15, 0.2) is 0 Å². The molecule has 0 aliphatic carbocycles. The predicted molar refractivity (Wildman–Crippen MR) is 195 cm³/mol. The van der Waals surface area contributed by atoms with Gasteiger partial charge < -0.3 is 9.47 Å². The lowest BCUT2D eigenvalue weighted by atomic mass is 9.70. The molecule has 1 aromatic heterocycles. The smallest absolute Gasteiger partial charge is 0.254 e. The standard InChI is InChI=1S/C40H50FN5O3S/c1-5-20-42-50(48,49)37-16-13-27(2)38(28(37)3)39(47)44-21-17-40(18-22-44,30-9-8-10-31(41)24-30)19-23-45-32-14-15-33(45)26-34(25-32)46-29(4)43-35-11-6-7-12-36(35)46/h6-13,16,24,32-34,42H,5,14-15,17-23,25-26H2,1-4H3/t32-,33+,34+. The Bertz CT molecular complexity index is 1990. The van der Waals surface area contributed by atoms with Gasteiger partial charge in [-0.3, -0.25) is 9.69 Å². The fraction of sp³-hybridized carbons (Fsp3) is 0.500. The van der Waals surface area contributed by atoms with Crippen LogP contribution in [0.4, 0.5) is 4.39 Å². The van der Waals surface area contributed by atoms with E-state index in [1.54, 1.807) is 25.1 Å². The van der Waals surface area contributed by atoms with Gasteiger partial charge in [-0.2, -0.15) is 0 Å². The van der Waals surface area contributed by atoms with Crippen molar-refractivity contribution in [2.75, 3.05) is 26.2 Å². The van der Waals surface area contributed by atoms with Crippen molar-refractivity contribution in [3.8, 4) is 0 Å². The molecule has 3 aromatic carbocycles. The number of hydrogen-bond donors (Lipinski definition) is 1. The number of hydrogen-bond acceptors (Lipinski definition) is 5. The van der Waals surface area contributed by atoms with Gasteiger partial charge in [-0.05, 0) is 131 Å². The fourth-order valence-electron chi connectivity index (χ4n) is 9.35. The number of imidazole rings is 1. The maximum Gasteiger partial charge on any atom is 0.254 e. The minimum Gasteiger partial charge on any atom is -0.339 e. The number of piperidine rings is 2. The van der Waals surface area contributed by atoms with E-state index in [1.807, 2.05) is 24.8 Å². The Labute approximate surface area is 296 Å². The lowest BCUT2D eigenvalue weighted by molar-refractivity contribution is 0.0605. The van der Waals surface area contributed by atoms with Crippen LogP contribution in [0.15, 0.2) is 65.6 Å². The van der Waals surface area contributed by atoms with E-state index >= 15 is 0 Å². The van der Waals surface area contributed by atoms with Gasteiger partial charge in [-0.15, -0.1) is 0 Å². The number of halogens is 1. The van der Waals surface area contributed by atoms with E-state index in [1.165, 1.54) is 24.4 Å². The SMILES string of the molecule is CCCNS(=O)(=O)c1ccc(C)c(C(=O)N2CCC(CCN3[C@@H]4CC[C@H]3C[C@@H](n3c(C)nc5ccccc53)C4)(c3cccc(F)c3)CC2)c1C. The fourth-order valence-corrected chi connectivity index (χ4v) is 10.7. The molecule has 7 rings (SSSR count). The molecule has 3 fully saturated rings. The van der Waals surface area contributed by atoms with Gasteiger partial charge in [-0.25, -0.2) is 22.5 Å². The number of sulfonamides is 1. The molecule has 3 aliphatic heterocycles. The van der Waals surface area contributed by atoms with E-state index in [4.69, 9.17) is 4.98 Å². The predicted octanol–water partition coefficient (Wildman–Crippen LogP) is 7.22. The molecule has 1 amide bonds. The Morgan fingerprint density at radius 1 is 0.960 bits per heavy atom. The summed E-state index contributed by atoms with van der Waals surface area (Å²) in [6, 6.07) is 20.3. The Balaban J connectivity index is 1.08. The van der Waals surface area contributed by atoms with Crippen molar-refractivity contribution in [3.05, 3.63) is 94.6 Å². The first-order valence-corrected chi connectivity index (χ1v) is 19.8. The van der Waals surface area contributed by atoms with E-state index in [0.29, 0.717) is 55.3 Å². The summed E-state index contributed by atoms with van der Waals surface area (Å²) in [5.41, 5.74) is 4.75. The highest BCUT2D eigenvalue weighted by Crippen LogP contribution is 2.45. The van der Waals surface area contributed by atoms with E-state index in [-0.39, 0.29) is 22.0 Å². The van der Waals surface area contributed by atoms with Crippen LogP contribution in [0.3, 0.4) is 0 Å². The monoisotopic (exact) mass is 699 g/mol. The maximum absolute atomic E-state index is 14.7. The molecule has 4 heterocycles. The minimum absolute atomic E-state index is 0.136. The van der Waals surface area contributed by atoms with Crippen molar-refractivity contribution < 1.29 is 17.6 Å². The second-order valence-electron chi connectivity index (χ2n) is 14.9. The van der Waals surface area contributed by atoms with Gasteiger partial charge >= 0.3 is 0 Å². The molecule has 2 bridgehead atoms. The summed E-state index contributed by atoms with van der Waals surface area (Å²) in [5.74, 6) is 0.718. The average molecular weight is 700 g/mol. The number of likely N-dealkylation sites (tertiary alicyclic amines) is 1. The molecule has 1 N–H and O–H groups in total. The lowest BCUT2D eigenvalue weighted by Gasteiger charge is -2.46. The number of fused-ring (bicyclic) bond motifs is 3. The quantitative estimate of drug-likeness (QED) is 0.189. The third-order valence-corrected chi connectivity index (χ3v) is 13.6. The topological polar surface area (TPSA) is 87.5 Å². The zero-order valence-electron chi connectivity index (χ0n) is 29.8. The molecule has 3 atom stereocenters. The van der Waals surface area contributed by atoms with Crippen LogP contribution >= 0.6 is 0 Å². The van der Waals surface area contributed by atoms with E-state index < -0.39 is 10.0 Å². The first kappa shape index (κ1) is 34.8.